The van der Waals surface area contributed by atoms with Crippen molar-refractivity contribution in [1.29, 1.82) is 0 Å². The van der Waals surface area contributed by atoms with Crippen LogP contribution in [-0.4, -0.2) is 25.5 Å². The smallest absolute Gasteiger partial charge is 0.339 e. The van der Waals surface area contributed by atoms with Gasteiger partial charge in [-0.3, -0.25) is 0 Å². The highest BCUT2D eigenvalue weighted by Crippen LogP contribution is 2.37. The van der Waals surface area contributed by atoms with E-state index in [0.717, 1.165) is 28.0 Å². The molecule has 6 nitrogen and oxygen atoms in total. The highest BCUT2D eigenvalue weighted by atomic mass is 35.5. The second kappa shape index (κ2) is 8.10. The summed E-state index contributed by atoms with van der Waals surface area (Å²) in [6.45, 7) is -0.0512. The van der Waals surface area contributed by atoms with Gasteiger partial charge in [0.1, 0.15) is 19.9 Å². The molecule has 0 spiro atoms. The van der Waals surface area contributed by atoms with Gasteiger partial charge in [-0.15, -0.1) is 11.3 Å². The third kappa shape index (κ3) is 4.30. The van der Waals surface area contributed by atoms with Crippen molar-refractivity contribution in [2.45, 2.75) is 10.8 Å². The molecule has 3 aromatic rings. The molecule has 27 heavy (non-hydrogen) atoms. The van der Waals surface area contributed by atoms with E-state index in [2.05, 4.69) is 4.72 Å². The van der Waals surface area contributed by atoms with Crippen LogP contribution >= 0.6 is 22.9 Å². The number of carboxylic acid groups (broad SMARTS) is 1. The molecule has 0 amide bonds. The molecule has 1 unspecified atom stereocenters. The van der Waals surface area contributed by atoms with Crippen LogP contribution < -0.4 is 4.72 Å². The van der Waals surface area contributed by atoms with Gasteiger partial charge in [0, 0.05) is 11.6 Å². The summed E-state index contributed by atoms with van der Waals surface area (Å²) >= 11 is 7.44. The van der Waals surface area contributed by atoms with Gasteiger partial charge in [0.25, 0.3) is 0 Å². The lowest BCUT2D eigenvalue weighted by Crippen LogP contribution is -2.04. The number of carboxylic acids is 1. The first kappa shape index (κ1) is 19.4. The molecule has 0 bridgehead atoms. The highest BCUT2D eigenvalue weighted by Gasteiger charge is 2.16. The minimum atomic E-state index is -1.64. The van der Waals surface area contributed by atoms with Crippen LogP contribution in [-0.2, 0) is 17.6 Å². The van der Waals surface area contributed by atoms with Crippen LogP contribution in [0.5, 0.6) is 5.75 Å². The van der Waals surface area contributed by atoms with E-state index >= 15 is 0 Å². The number of hydrogen-bond donors (Lipinski definition) is 4. The maximum atomic E-state index is 12.6. The first-order valence-corrected chi connectivity index (χ1v) is 9.97. The summed E-state index contributed by atoms with van der Waals surface area (Å²) in [5.41, 5.74) is 2.41. The topological polar surface area (TPSA) is 107 Å². The Kier molecular flexibility index (Phi) is 5.81. The summed E-state index contributed by atoms with van der Waals surface area (Å²) in [6, 6.07) is 12.8. The molecule has 1 atom stereocenters. The minimum absolute atomic E-state index is 0.0512. The van der Waals surface area contributed by atoms with E-state index in [-0.39, 0.29) is 12.2 Å². The monoisotopic (exact) mass is 423 g/mol. The summed E-state index contributed by atoms with van der Waals surface area (Å²) in [7, 11) is -1.64. The van der Waals surface area contributed by atoms with Gasteiger partial charge in [-0.2, -0.15) is 0 Å². The number of anilines is 1. The predicted molar refractivity (Wildman–Crippen MR) is 106 cm³/mol. The first-order chi connectivity index (χ1) is 12.9. The average molecular weight is 424 g/mol. The number of aliphatic hydroxyl groups is 1. The predicted octanol–water partition coefficient (Wildman–Crippen LogP) is 4.10. The fraction of sp³-hybridized carbons (Fsp3) is 0.0556. The zero-order chi connectivity index (χ0) is 19.6. The van der Waals surface area contributed by atoms with Crippen molar-refractivity contribution in [3.63, 3.8) is 0 Å². The number of aromatic carboxylic acids is 1. The molecule has 0 saturated heterocycles. The molecular weight excluding hydrogens is 410 g/mol. The molecule has 0 aliphatic rings. The normalized spacial score (nSPS) is 11.9. The van der Waals surface area contributed by atoms with Gasteiger partial charge in [-0.05, 0) is 29.3 Å². The first-order valence-electron chi connectivity index (χ1n) is 7.63. The van der Waals surface area contributed by atoms with Crippen molar-refractivity contribution >= 4 is 45.6 Å². The van der Waals surface area contributed by atoms with Crippen LogP contribution in [0, 0.1) is 0 Å². The Morgan fingerprint density at radius 2 is 1.85 bits per heavy atom. The lowest BCUT2D eigenvalue weighted by molar-refractivity contribution is 0.0694. The molecule has 3 rings (SSSR count). The molecule has 9 heteroatoms. The van der Waals surface area contributed by atoms with E-state index in [0.29, 0.717) is 14.2 Å². The molecule has 1 heterocycles. The number of phenols is 1. The lowest BCUT2D eigenvalue weighted by Gasteiger charge is -2.06. The second-order valence-corrected chi connectivity index (χ2v) is 8.61. The lowest BCUT2D eigenvalue weighted by atomic mass is 10.1. The third-order valence-corrected chi connectivity index (χ3v) is 6.49. The SMILES string of the molecule is O=C(O)c1ccc(NS(=O)c2cc(-c3ccc(CO)cc3)c(Cl)s2)cc1O. The van der Waals surface area contributed by atoms with Crippen LogP contribution in [0.4, 0.5) is 5.69 Å². The molecule has 0 aliphatic heterocycles. The zero-order valence-corrected chi connectivity index (χ0v) is 16.1. The molecule has 0 radical (unpaired) electrons. The molecular formula is C18H14ClNO5S2. The van der Waals surface area contributed by atoms with Crippen molar-refractivity contribution < 1.29 is 24.3 Å². The molecule has 0 fully saturated rings. The Balaban J connectivity index is 1.81. The van der Waals surface area contributed by atoms with Gasteiger partial charge in [-0.1, -0.05) is 35.9 Å². The highest BCUT2D eigenvalue weighted by molar-refractivity contribution is 7.88. The number of carbonyl (C=O) groups is 1. The summed E-state index contributed by atoms with van der Waals surface area (Å²) in [5, 5.41) is 27.8. The van der Waals surface area contributed by atoms with Gasteiger partial charge >= 0.3 is 5.97 Å². The molecule has 1 aromatic heterocycles. The fourth-order valence-corrected chi connectivity index (χ4v) is 4.89. The minimum Gasteiger partial charge on any atom is -0.507 e. The second-order valence-electron chi connectivity index (χ2n) is 5.52. The van der Waals surface area contributed by atoms with Crippen LogP contribution in [0.15, 0.2) is 52.7 Å². The maximum Gasteiger partial charge on any atom is 0.339 e. The molecule has 0 saturated carbocycles. The van der Waals surface area contributed by atoms with Crippen molar-refractivity contribution in [2.75, 3.05) is 4.72 Å². The third-order valence-electron chi connectivity index (χ3n) is 3.73. The molecule has 2 aromatic carbocycles. The van der Waals surface area contributed by atoms with Gasteiger partial charge in [-0.25, -0.2) is 9.00 Å². The van der Waals surface area contributed by atoms with Gasteiger partial charge in [0.05, 0.1) is 12.3 Å². The van der Waals surface area contributed by atoms with Gasteiger partial charge in [0.15, 0.2) is 11.0 Å². The van der Waals surface area contributed by atoms with Crippen molar-refractivity contribution in [3.8, 4) is 16.9 Å². The Morgan fingerprint density at radius 3 is 2.44 bits per heavy atom. The summed E-state index contributed by atoms with van der Waals surface area (Å²) in [6.07, 6.45) is 0. The number of nitrogens with one attached hydrogen (secondary N) is 1. The van der Waals surface area contributed by atoms with Crippen LogP contribution in [0.1, 0.15) is 15.9 Å². The Bertz CT molecular complexity index is 1020. The van der Waals surface area contributed by atoms with E-state index in [1.54, 1.807) is 18.2 Å². The number of rotatable bonds is 6. The fourth-order valence-electron chi connectivity index (χ4n) is 2.36. The summed E-state index contributed by atoms with van der Waals surface area (Å²) in [5.74, 6) is -1.67. The number of hydrogen-bond acceptors (Lipinski definition) is 5. The van der Waals surface area contributed by atoms with Crippen LogP contribution in [0.2, 0.25) is 4.34 Å². The largest absolute Gasteiger partial charge is 0.507 e. The van der Waals surface area contributed by atoms with E-state index < -0.39 is 22.7 Å². The number of benzene rings is 2. The number of aromatic hydroxyl groups is 1. The van der Waals surface area contributed by atoms with Crippen molar-refractivity contribution in [1.82, 2.24) is 0 Å². The quantitative estimate of drug-likeness (QED) is 0.477. The Hall–Kier alpha value is -2.39. The Morgan fingerprint density at radius 1 is 1.15 bits per heavy atom. The van der Waals surface area contributed by atoms with Crippen molar-refractivity contribution in [3.05, 3.63) is 64.0 Å². The van der Waals surface area contributed by atoms with E-state index in [9.17, 15) is 14.1 Å². The van der Waals surface area contributed by atoms with E-state index in [1.807, 2.05) is 12.1 Å². The molecule has 4 N–H and O–H groups in total. The van der Waals surface area contributed by atoms with Crippen LogP contribution in [0.3, 0.4) is 0 Å². The summed E-state index contributed by atoms with van der Waals surface area (Å²) in [4.78, 5) is 10.9. The van der Waals surface area contributed by atoms with Gasteiger partial charge in [0.2, 0.25) is 0 Å². The number of thiophene rings is 1. The van der Waals surface area contributed by atoms with Gasteiger partial charge < -0.3 is 20.0 Å². The van der Waals surface area contributed by atoms with E-state index in [4.69, 9.17) is 21.8 Å². The zero-order valence-electron chi connectivity index (χ0n) is 13.7. The maximum absolute atomic E-state index is 12.6. The molecule has 140 valence electrons. The Labute approximate surface area is 166 Å². The average Bonchev–Trinajstić information content (AvgIpc) is 3.03. The van der Waals surface area contributed by atoms with E-state index in [1.165, 1.54) is 18.2 Å². The van der Waals surface area contributed by atoms with Crippen LogP contribution in [0.25, 0.3) is 11.1 Å². The molecule has 0 aliphatic carbocycles. The number of aliphatic hydroxyl groups excluding tert-OH is 1. The summed E-state index contributed by atoms with van der Waals surface area (Å²) < 4.78 is 16.2. The standard InChI is InChI=1S/C18H14ClNO5S2/c19-17-14(11-3-1-10(9-21)2-4-11)8-16(26-17)27(25)20-12-5-6-13(18(23)24)15(22)7-12/h1-8,20-22H,9H2,(H,23,24). The number of halogens is 1. The van der Waals surface area contributed by atoms with Crippen molar-refractivity contribution in [2.24, 2.45) is 0 Å².